The Hall–Kier alpha value is -1.64. The second-order valence-electron chi connectivity index (χ2n) is 5.75. The maximum atomic E-state index is 9.93. The SMILES string of the molecule is OC[C@@]1(c2ccccc2)CCN(Cc2ccccc2)C1. The molecule has 0 radical (unpaired) electrons. The third-order valence-electron chi connectivity index (χ3n) is 4.37. The second-order valence-corrected chi connectivity index (χ2v) is 5.75. The van der Waals surface area contributed by atoms with Gasteiger partial charge in [0.2, 0.25) is 0 Å². The average Bonchev–Trinajstić information content (AvgIpc) is 2.94. The molecule has 0 bridgehead atoms. The summed E-state index contributed by atoms with van der Waals surface area (Å²) in [6.07, 6.45) is 1.03. The van der Waals surface area contributed by atoms with Crippen LogP contribution in [0.15, 0.2) is 60.7 Å². The molecule has 1 aliphatic heterocycles. The van der Waals surface area contributed by atoms with E-state index in [1.165, 1.54) is 11.1 Å². The van der Waals surface area contributed by atoms with Gasteiger partial charge >= 0.3 is 0 Å². The highest BCUT2D eigenvalue weighted by atomic mass is 16.3. The van der Waals surface area contributed by atoms with Gasteiger partial charge in [0, 0.05) is 18.5 Å². The van der Waals surface area contributed by atoms with Crippen molar-refractivity contribution in [2.24, 2.45) is 0 Å². The number of hydrogen-bond acceptors (Lipinski definition) is 2. The summed E-state index contributed by atoms with van der Waals surface area (Å²) in [4.78, 5) is 2.44. The van der Waals surface area contributed by atoms with Gasteiger partial charge in [0.05, 0.1) is 6.61 Å². The molecule has 0 spiro atoms. The quantitative estimate of drug-likeness (QED) is 0.921. The smallest absolute Gasteiger partial charge is 0.0540 e. The van der Waals surface area contributed by atoms with Crippen LogP contribution in [-0.4, -0.2) is 29.7 Å². The third-order valence-corrected chi connectivity index (χ3v) is 4.37. The topological polar surface area (TPSA) is 23.5 Å². The van der Waals surface area contributed by atoms with Crippen molar-refractivity contribution in [3.63, 3.8) is 0 Å². The Balaban J connectivity index is 1.74. The molecule has 0 saturated carbocycles. The lowest BCUT2D eigenvalue weighted by Gasteiger charge is -2.28. The highest BCUT2D eigenvalue weighted by molar-refractivity contribution is 5.28. The van der Waals surface area contributed by atoms with E-state index >= 15 is 0 Å². The predicted octanol–water partition coefficient (Wildman–Crippen LogP) is 2.82. The van der Waals surface area contributed by atoms with Crippen molar-refractivity contribution in [2.75, 3.05) is 19.7 Å². The number of aliphatic hydroxyl groups excluding tert-OH is 1. The first-order valence-corrected chi connectivity index (χ1v) is 7.25. The molecular formula is C18H21NO. The number of hydrogen-bond donors (Lipinski definition) is 1. The van der Waals surface area contributed by atoms with Crippen LogP contribution in [0.3, 0.4) is 0 Å². The van der Waals surface area contributed by atoms with Crippen molar-refractivity contribution in [1.82, 2.24) is 4.90 Å². The molecule has 3 rings (SSSR count). The van der Waals surface area contributed by atoms with Crippen LogP contribution in [0.1, 0.15) is 17.5 Å². The molecule has 0 aliphatic carbocycles. The Labute approximate surface area is 120 Å². The maximum absolute atomic E-state index is 9.93. The van der Waals surface area contributed by atoms with E-state index in [0.717, 1.165) is 26.1 Å². The highest BCUT2D eigenvalue weighted by Gasteiger charge is 2.38. The molecule has 20 heavy (non-hydrogen) atoms. The zero-order valence-corrected chi connectivity index (χ0v) is 11.7. The number of rotatable bonds is 4. The largest absolute Gasteiger partial charge is 0.395 e. The summed E-state index contributed by atoms with van der Waals surface area (Å²) in [7, 11) is 0. The molecule has 1 fully saturated rings. The summed E-state index contributed by atoms with van der Waals surface area (Å²) in [5.41, 5.74) is 2.52. The second kappa shape index (κ2) is 5.78. The molecule has 1 aliphatic rings. The fourth-order valence-electron chi connectivity index (χ4n) is 3.18. The van der Waals surface area contributed by atoms with Gasteiger partial charge in [-0.1, -0.05) is 60.7 Å². The van der Waals surface area contributed by atoms with Crippen molar-refractivity contribution in [3.8, 4) is 0 Å². The summed E-state index contributed by atoms with van der Waals surface area (Å²) in [6, 6.07) is 21.0. The van der Waals surface area contributed by atoms with Gasteiger partial charge in [-0.2, -0.15) is 0 Å². The maximum Gasteiger partial charge on any atom is 0.0540 e. The van der Waals surface area contributed by atoms with Crippen LogP contribution < -0.4 is 0 Å². The third kappa shape index (κ3) is 2.62. The summed E-state index contributed by atoms with van der Waals surface area (Å²) in [5.74, 6) is 0. The fourth-order valence-corrected chi connectivity index (χ4v) is 3.18. The Morgan fingerprint density at radius 2 is 1.60 bits per heavy atom. The van der Waals surface area contributed by atoms with E-state index in [1.54, 1.807) is 0 Å². The number of nitrogens with zero attached hydrogens (tertiary/aromatic N) is 1. The van der Waals surface area contributed by atoms with E-state index < -0.39 is 0 Å². The molecule has 1 saturated heterocycles. The summed E-state index contributed by atoms with van der Waals surface area (Å²) in [5, 5.41) is 9.93. The molecule has 0 aromatic heterocycles. The lowest BCUT2D eigenvalue weighted by Crippen LogP contribution is -2.34. The first kappa shape index (κ1) is 13.3. The zero-order valence-electron chi connectivity index (χ0n) is 11.7. The van der Waals surface area contributed by atoms with Crippen molar-refractivity contribution >= 4 is 0 Å². The Morgan fingerprint density at radius 3 is 2.25 bits per heavy atom. The minimum absolute atomic E-state index is 0.0873. The van der Waals surface area contributed by atoms with E-state index in [-0.39, 0.29) is 12.0 Å². The molecule has 1 N–H and O–H groups in total. The minimum atomic E-state index is -0.0873. The van der Waals surface area contributed by atoms with Gasteiger partial charge in [-0.3, -0.25) is 4.90 Å². The van der Waals surface area contributed by atoms with Gasteiger partial charge in [0.25, 0.3) is 0 Å². The summed E-state index contributed by atoms with van der Waals surface area (Å²) >= 11 is 0. The van der Waals surface area contributed by atoms with Crippen LogP contribution in [0.4, 0.5) is 0 Å². The van der Waals surface area contributed by atoms with E-state index in [4.69, 9.17) is 0 Å². The highest BCUT2D eigenvalue weighted by Crippen LogP contribution is 2.34. The summed E-state index contributed by atoms with van der Waals surface area (Å²) < 4.78 is 0. The monoisotopic (exact) mass is 267 g/mol. The molecule has 2 heteroatoms. The Bertz CT molecular complexity index is 540. The molecule has 2 aromatic rings. The molecule has 2 nitrogen and oxygen atoms in total. The lowest BCUT2D eigenvalue weighted by molar-refractivity contribution is 0.188. The first-order chi connectivity index (χ1) is 9.82. The van der Waals surface area contributed by atoms with Gasteiger partial charge in [-0.15, -0.1) is 0 Å². The van der Waals surface area contributed by atoms with Crippen LogP contribution >= 0.6 is 0 Å². The lowest BCUT2D eigenvalue weighted by atomic mass is 9.80. The van der Waals surface area contributed by atoms with Crippen LogP contribution in [0.5, 0.6) is 0 Å². The average molecular weight is 267 g/mol. The Morgan fingerprint density at radius 1 is 0.950 bits per heavy atom. The predicted molar refractivity (Wildman–Crippen MR) is 81.5 cm³/mol. The van der Waals surface area contributed by atoms with E-state index in [9.17, 15) is 5.11 Å². The summed E-state index contributed by atoms with van der Waals surface area (Å²) in [6.45, 7) is 3.17. The molecule has 1 heterocycles. The van der Waals surface area contributed by atoms with Crippen molar-refractivity contribution in [3.05, 3.63) is 71.8 Å². The van der Waals surface area contributed by atoms with Crippen molar-refractivity contribution in [1.29, 1.82) is 0 Å². The van der Waals surface area contributed by atoms with Gasteiger partial charge in [-0.25, -0.2) is 0 Å². The van der Waals surface area contributed by atoms with Crippen LogP contribution in [0.25, 0.3) is 0 Å². The molecule has 0 amide bonds. The first-order valence-electron chi connectivity index (χ1n) is 7.25. The molecule has 104 valence electrons. The normalized spacial score (nSPS) is 23.1. The van der Waals surface area contributed by atoms with Crippen LogP contribution in [0, 0.1) is 0 Å². The zero-order chi connectivity index (χ0) is 13.8. The van der Waals surface area contributed by atoms with Crippen LogP contribution in [-0.2, 0) is 12.0 Å². The van der Waals surface area contributed by atoms with E-state index in [2.05, 4.69) is 59.5 Å². The van der Waals surface area contributed by atoms with E-state index in [1.807, 2.05) is 6.07 Å². The fraction of sp³-hybridized carbons (Fsp3) is 0.333. The standard InChI is InChI=1S/C18H21NO/c20-15-18(17-9-5-2-6-10-17)11-12-19(14-18)13-16-7-3-1-4-8-16/h1-10,20H,11-15H2/t18-/m1/s1. The molecule has 2 aromatic carbocycles. The van der Waals surface area contributed by atoms with Gasteiger partial charge < -0.3 is 5.11 Å². The van der Waals surface area contributed by atoms with Gasteiger partial charge in [0.15, 0.2) is 0 Å². The van der Waals surface area contributed by atoms with E-state index in [0.29, 0.717) is 0 Å². The Kier molecular flexibility index (Phi) is 3.86. The van der Waals surface area contributed by atoms with Gasteiger partial charge in [0.1, 0.15) is 0 Å². The van der Waals surface area contributed by atoms with Crippen molar-refractivity contribution < 1.29 is 5.11 Å². The molecule has 0 unspecified atom stereocenters. The molecular weight excluding hydrogens is 246 g/mol. The minimum Gasteiger partial charge on any atom is -0.395 e. The van der Waals surface area contributed by atoms with Crippen molar-refractivity contribution in [2.45, 2.75) is 18.4 Å². The number of aliphatic hydroxyl groups is 1. The van der Waals surface area contributed by atoms with Crippen LogP contribution in [0.2, 0.25) is 0 Å². The van der Waals surface area contributed by atoms with Gasteiger partial charge in [-0.05, 0) is 24.1 Å². The number of likely N-dealkylation sites (tertiary alicyclic amines) is 1. The number of benzene rings is 2. The molecule has 1 atom stereocenters.